The molecule has 7 heteroatoms. The minimum Gasteiger partial charge on any atom is -0.353 e. The molecule has 0 bridgehead atoms. The molecule has 0 unspecified atom stereocenters. The van der Waals surface area contributed by atoms with E-state index in [9.17, 15) is 14.4 Å². The van der Waals surface area contributed by atoms with Gasteiger partial charge in [-0.05, 0) is 30.0 Å². The van der Waals surface area contributed by atoms with E-state index in [-0.39, 0.29) is 29.7 Å². The van der Waals surface area contributed by atoms with E-state index >= 15 is 0 Å². The van der Waals surface area contributed by atoms with Crippen LogP contribution in [0, 0.1) is 12.3 Å². The summed E-state index contributed by atoms with van der Waals surface area (Å²) in [5.74, 6) is -0.336. The summed E-state index contributed by atoms with van der Waals surface area (Å²) >= 11 is 0. The van der Waals surface area contributed by atoms with E-state index in [1.165, 1.54) is 0 Å². The van der Waals surface area contributed by atoms with Gasteiger partial charge in [0, 0.05) is 44.5 Å². The van der Waals surface area contributed by atoms with Crippen molar-refractivity contribution in [2.24, 2.45) is 5.41 Å². The predicted octanol–water partition coefficient (Wildman–Crippen LogP) is 3.91. The molecule has 7 nitrogen and oxygen atoms in total. The molecule has 1 N–H and O–H groups in total. The molecule has 1 atom stereocenters. The van der Waals surface area contributed by atoms with E-state index in [4.69, 9.17) is 4.74 Å². The van der Waals surface area contributed by atoms with Crippen LogP contribution >= 0.6 is 0 Å². The largest absolute Gasteiger partial charge is 0.353 e. The fourth-order valence-corrected chi connectivity index (χ4v) is 5.06. The molecule has 2 aliphatic rings. The van der Waals surface area contributed by atoms with Gasteiger partial charge in [-0.25, -0.2) is 0 Å². The standard InChI is InChI=1S/C29H37N3O4/c1-21-9-8-12-23(17-21)27(35)32-24(26(34)30-19-22-10-6-5-7-11-22)20-36-29(32)13-15-31(16-14-29)25(33)18-28(2,3)4/h5-12,17,24H,13-16,18-20H2,1-4H3,(H,30,34)/t24-/m1/s1. The Bertz CT molecular complexity index is 1100. The van der Waals surface area contributed by atoms with Crippen molar-refractivity contribution in [3.8, 4) is 0 Å². The van der Waals surface area contributed by atoms with Gasteiger partial charge in [-0.3, -0.25) is 19.3 Å². The number of aryl methyl sites for hydroxylation is 1. The van der Waals surface area contributed by atoms with Gasteiger partial charge in [0.25, 0.3) is 5.91 Å². The molecule has 4 rings (SSSR count). The van der Waals surface area contributed by atoms with Gasteiger partial charge >= 0.3 is 0 Å². The zero-order chi connectivity index (χ0) is 25.9. The molecule has 3 amide bonds. The van der Waals surface area contributed by atoms with Crippen LogP contribution in [-0.4, -0.2) is 59.0 Å². The molecule has 0 aromatic heterocycles. The summed E-state index contributed by atoms with van der Waals surface area (Å²) in [5, 5.41) is 2.99. The molecular weight excluding hydrogens is 454 g/mol. The summed E-state index contributed by atoms with van der Waals surface area (Å²) < 4.78 is 6.29. The number of nitrogens with zero attached hydrogens (tertiary/aromatic N) is 2. The van der Waals surface area contributed by atoms with Gasteiger partial charge in [-0.2, -0.15) is 0 Å². The summed E-state index contributed by atoms with van der Waals surface area (Å²) in [7, 11) is 0. The lowest BCUT2D eigenvalue weighted by Gasteiger charge is -2.45. The molecule has 2 aromatic carbocycles. The van der Waals surface area contributed by atoms with Crippen LogP contribution in [0.1, 0.15) is 61.5 Å². The van der Waals surface area contributed by atoms with Crippen LogP contribution in [0.3, 0.4) is 0 Å². The van der Waals surface area contributed by atoms with Crippen molar-refractivity contribution in [3.63, 3.8) is 0 Å². The van der Waals surface area contributed by atoms with Crippen molar-refractivity contribution in [3.05, 3.63) is 71.3 Å². The Morgan fingerprint density at radius 1 is 1.03 bits per heavy atom. The minimum atomic E-state index is -0.909. The summed E-state index contributed by atoms with van der Waals surface area (Å²) in [6, 6.07) is 16.4. The van der Waals surface area contributed by atoms with Crippen molar-refractivity contribution in [2.75, 3.05) is 19.7 Å². The fourth-order valence-electron chi connectivity index (χ4n) is 5.06. The van der Waals surface area contributed by atoms with E-state index in [2.05, 4.69) is 26.1 Å². The average molecular weight is 492 g/mol. The lowest BCUT2D eigenvalue weighted by Crippen LogP contribution is -2.59. The maximum atomic E-state index is 13.9. The molecule has 1 spiro atoms. The molecule has 0 radical (unpaired) electrons. The highest BCUT2D eigenvalue weighted by molar-refractivity contribution is 5.98. The summed E-state index contributed by atoms with van der Waals surface area (Å²) in [6.45, 7) is 9.59. The Balaban J connectivity index is 1.54. The van der Waals surface area contributed by atoms with Crippen LogP contribution in [-0.2, 0) is 20.9 Å². The van der Waals surface area contributed by atoms with Gasteiger partial charge in [0.15, 0.2) is 0 Å². The number of ether oxygens (including phenoxy) is 1. The van der Waals surface area contributed by atoms with Gasteiger partial charge in [0.05, 0.1) is 6.61 Å². The maximum Gasteiger partial charge on any atom is 0.256 e. The molecule has 0 saturated carbocycles. The van der Waals surface area contributed by atoms with Crippen molar-refractivity contribution in [2.45, 2.75) is 65.3 Å². The van der Waals surface area contributed by atoms with E-state index < -0.39 is 11.8 Å². The van der Waals surface area contributed by atoms with Gasteiger partial charge < -0.3 is 15.0 Å². The molecule has 2 saturated heterocycles. The molecular formula is C29H37N3O4. The second-order valence-corrected chi connectivity index (χ2v) is 11.1. The number of piperidine rings is 1. The Kier molecular flexibility index (Phi) is 7.50. The second kappa shape index (κ2) is 10.4. The first-order chi connectivity index (χ1) is 17.1. The Labute approximate surface area is 213 Å². The van der Waals surface area contributed by atoms with E-state index in [0.29, 0.717) is 44.5 Å². The van der Waals surface area contributed by atoms with Crippen LogP contribution in [0.25, 0.3) is 0 Å². The number of hydrogen-bond acceptors (Lipinski definition) is 4. The van der Waals surface area contributed by atoms with Crippen molar-refractivity contribution in [1.82, 2.24) is 15.1 Å². The number of amides is 3. The molecule has 2 aromatic rings. The first-order valence-corrected chi connectivity index (χ1v) is 12.7. The average Bonchev–Trinajstić information content (AvgIpc) is 3.20. The van der Waals surface area contributed by atoms with Crippen LogP contribution in [0.4, 0.5) is 0 Å². The van der Waals surface area contributed by atoms with Gasteiger partial charge in [-0.1, -0.05) is 68.8 Å². The van der Waals surface area contributed by atoms with E-state index in [1.54, 1.807) is 11.0 Å². The first-order valence-electron chi connectivity index (χ1n) is 12.7. The number of nitrogens with one attached hydrogen (secondary N) is 1. The highest BCUT2D eigenvalue weighted by atomic mass is 16.5. The number of benzene rings is 2. The smallest absolute Gasteiger partial charge is 0.256 e. The Morgan fingerprint density at radius 3 is 2.36 bits per heavy atom. The summed E-state index contributed by atoms with van der Waals surface area (Å²) in [5.41, 5.74) is 1.50. The van der Waals surface area contributed by atoms with E-state index in [0.717, 1.165) is 11.1 Å². The first kappa shape index (κ1) is 25.9. The highest BCUT2D eigenvalue weighted by Crippen LogP contribution is 2.39. The Morgan fingerprint density at radius 2 is 1.72 bits per heavy atom. The SMILES string of the molecule is Cc1cccc(C(=O)N2[C@@H](C(=O)NCc3ccccc3)COC23CCN(C(=O)CC(C)(C)C)CC3)c1. The molecule has 192 valence electrons. The van der Waals surface area contributed by atoms with Crippen LogP contribution in [0.5, 0.6) is 0 Å². The third-order valence-electron chi connectivity index (χ3n) is 6.94. The number of rotatable bonds is 5. The minimum absolute atomic E-state index is 0.0921. The maximum absolute atomic E-state index is 13.9. The monoisotopic (exact) mass is 491 g/mol. The number of hydrogen-bond donors (Lipinski definition) is 1. The zero-order valence-corrected chi connectivity index (χ0v) is 21.8. The molecule has 2 heterocycles. The number of carbonyl (C=O) groups excluding carboxylic acids is 3. The molecule has 2 fully saturated rings. The van der Waals surface area contributed by atoms with Crippen molar-refractivity contribution >= 4 is 17.7 Å². The second-order valence-electron chi connectivity index (χ2n) is 11.1. The predicted molar refractivity (Wildman–Crippen MR) is 138 cm³/mol. The third-order valence-corrected chi connectivity index (χ3v) is 6.94. The van der Waals surface area contributed by atoms with Gasteiger partial charge in [0.1, 0.15) is 11.8 Å². The van der Waals surface area contributed by atoms with Crippen molar-refractivity contribution < 1.29 is 19.1 Å². The van der Waals surface area contributed by atoms with Crippen LogP contribution < -0.4 is 5.32 Å². The van der Waals surface area contributed by atoms with Crippen LogP contribution in [0.2, 0.25) is 0 Å². The topological polar surface area (TPSA) is 79.0 Å². The Hall–Kier alpha value is -3.19. The lowest BCUT2D eigenvalue weighted by molar-refractivity contribution is -0.145. The number of carbonyl (C=O) groups is 3. The van der Waals surface area contributed by atoms with Crippen molar-refractivity contribution in [1.29, 1.82) is 0 Å². The summed E-state index contributed by atoms with van der Waals surface area (Å²) in [4.78, 5) is 43.5. The van der Waals surface area contributed by atoms with Gasteiger partial charge in [-0.15, -0.1) is 0 Å². The van der Waals surface area contributed by atoms with Gasteiger partial charge in [0.2, 0.25) is 11.8 Å². The molecule has 36 heavy (non-hydrogen) atoms. The van der Waals surface area contributed by atoms with Crippen LogP contribution in [0.15, 0.2) is 54.6 Å². The summed E-state index contributed by atoms with van der Waals surface area (Å²) in [6.07, 6.45) is 1.42. The number of likely N-dealkylation sites (tertiary alicyclic amines) is 1. The highest BCUT2D eigenvalue weighted by Gasteiger charge is 2.54. The normalized spacial score (nSPS) is 19.4. The quantitative estimate of drug-likeness (QED) is 0.688. The fraction of sp³-hybridized carbons (Fsp3) is 0.483. The molecule has 2 aliphatic heterocycles. The van der Waals surface area contributed by atoms with E-state index in [1.807, 2.05) is 60.4 Å². The lowest BCUT2D eigenvalue weighted by atomic mass is 9.90. The third kappa shape index (κ3) is 5.78. The zero-order valence-electron chi connectivity index (χ0n) is 21.8. The molecule has 0 aliphatic carbocycles.